The van der Waals surface area contributed by atoms with Crippen LogP contribution in [0.5, 0.6) is 0 Å². The predicted molar refractivity (Wildman–Crippen MR) is 201 cm³/mol. The third kappa shape index (κ3) is 4.42. The fourth-order valence-corrected chi connectivity index (χ4v) is 7.25. The van der Waals surface area contributed by atoms with Crippen molar-refractivity contribution < 1.29 is 4.42 Å². The van der Waals surface area contributed by atoms with E-state index in [0.717, 1.165) is 49.8 Å². The molecule has 0 aliphatic carbocycles. The topological polar surface area (TPSA) is 51.8 Å². The molecule has 0 fully saturated rings. The molecule has 2 aromatic heterocycles. The second-order valence-electron chi connectivity index (χ2n) is 12.4. The van der Waals surface area contributed by atoms with Gasteiger partial charge in [0.25, 0.3) is 0 Å². The Bertz CT molecular complexity index is 2780. The zero-order chi connectivity index (χ0) is 32.3. The molecule has 0 amide bonds. The minimum absolute atomic E-state index is 0.591. The molecule has 4 nitrogen and oxygen atoms in total. The van der Waals surface area contributed by atoms with Gasteiger partial charge in [-0.3, -0.25) is 0 Å². The predicted octanol–water partition coefficient (Wildman–Crippen LogP) is 11.9. The SMILES string of the molecule is c1ccc(-c2nc(-c3ccccc3)nc(-c3ccc4c(oc5ccccc54)c3-c3ccc4c5ccccc5c5ccccc5c4c3)n2)cc1. The molecule has 0 atom stereocenters. The zero-order valence-corrected chi connectivity index (χ0v) is 26.3. The Morgan fingerprint density at radius 2 is 0.796 bits per heavy atom. The zero-order valence-electron chi connectivity index (χ0n) is 26.3. The Hall–Kier alpha value is -6.65. The first-order valence-corrected chi connectivity index (χ1v) is 16.5. The van der Waals surface area contributed by atoms with Crippen molar-refractivity contribution in [1.82, 2.24) is 15.0 Å². The number of benzene rings is 8. The van der Waals surface area contributed by atoms with Gasteiger partial charge >= 0.3 is 0 Å². The molecular weight excluding hydrogens is 599 g/mol. The van der Waals surface area contributed by atoms with Gasteiger partial charge in [0, 0.05) is 33.0 Å². The molecule has 0 N–H and O–H groups in total. The summed E-state index contributed by atoms with van der Waals surface area (Å²) in [6, 6.07) is 56.8. The molecule has 10 rings (SSSR count). The lowest BCUT2D eigenvalue weighted by atomic mass is 9.90. The second kappa shape index (κ2) is 11.0. The van der Waals surface area contributed by atoms with Crippen LogP contribution >= 0.6 is 0 Å². The van der Waals surface area contributed by atoms with Gasteiger partial charge in [-0.1, -0.05) is 140 Å². The lowest BCUT2D eigenvalue weighted by molar-refractivity contribution is 0.670. The van der Waals surface area contributed by atoms with Gasteiger partial charge < -0.3 is 4.42 Å². The van der Waals surface area contributed by atoms with Gasteiger partial charge in [0.1, 0.15) is 11.2 Å². The summed E-state index contributed by atoms with van der Waals surface area (Å²) >= 11 is 0. The van der Waals surface area contributed by atoms with Crippen molar-refractivity contribution in [3.8, 4) is 45.3 Å². The number of fused-ring (bicyclic) bond motifs is 9. The third-order valence-corrected chi connectivity index (χ3v) is 9.52. The minimum Gasteiger partial charge on any atom is -0.455 e. The summed E-state index contributed by atoms with van der Waals surface area (Å²) in [6.07, 6.45) is 0. The molecule has 2 heterocycles. The van der Waals surface area contributed by atoms with Crippen LogP contribution in [-0.2, 0) is 0 Å². The van der Waals surface area contributed by atoms with E-state index in [-0.39, 0.29) is 0 Å². The average Bonchev–Trinajstić information content (AvgIpc) is 3.57. The van der Waals surface area contributed by atoms with Crippen LogP contribution in [0.4, 0.5) is 0 Å². The van der Waals surface area contributed by atoms with Crippen molar-refractivity contribution in [1.29, 1.82) is 0 Å². The summed E-state index contributed by atoms with van der Waals surface area (Å²) in [5.74, 6) is 1.83. The van der Waals surface area contributed by atoms with Gasteiger partial charge in [0.15, 0.2) is 17.5 Å². The maximum Gasteiger partial charge on any atom is 0.164 e. The fraction of sp³-hybridized carbons (Fsp3) is 0. The van der Waals surface area contributed by atoms with Crippen molar-refractivity contribution in [2.75, 3.05) is 0 Å². The Balaban J connectivity index is 1.31. The molecule has 0 aliphatic rings. The summed E-state index contributed by atoms with van der Waals surface area (Å²) in [5.41, 5.74) is 6.39. The van der Waals surface area contributed by atoms with Gasteiger partial charge in [0.05, 0.1) is 0 Å². The second-order valence-corrected chi connectivity index (χ2v) is 12.4. The van der Waals surface area contributed by atoms with Crippen molar-refractivity contribution in [3.63, 3.8) is 0 Å². The summed E-state index contributed by atoms with van der Waals surface area (Å²) in [4.78, 5) is 15.2. The quantitative estimate of drug-likeness (QED) is 0.183. The van der Waals surface area contributed by atoms with Crippen LogP contribution in [0.15, 0.2) is 168 Å². The van der Waals surface area contributed by atoms with Crippen LogP contribution in [0.2, 0.25) is 0 Å². The monoisotopic (exact) mass is 625 g/mol. The first kappa shape index (κ1) is 27.5. The molecule has 4 heteroatoms. The van der Waals surface area contributed by atoms with E-state index in [1.807, 2.05) is 72.8 Å². The molecular formula is C45H27N3O. The molecule has 0 unspecified atom stereocenters. The molecule has 228 valence electrons. The maximum atomic E-state index is 6.73. The normalized spacial score (nSPS) is 11.7. The smallest absolute Gasteiger partial charge is 0.164 e. The van der Waals surface area contributed by atoms with Crippen LogP contribution in [0, 0.1) is 0 Å². The Kier molecular flexibility index (Phi) is 6.15. The highest BCUT2D eigenvalue weighted by Crippen LogP contribution is 2.44. The highest BCUT2D eigenvalue weighted by atomic mass is 16.3. The van der Waals surface area contributed by atoms with E-state index in [0.29, 0.717) is 17.5 Å². The average molecular weight is 626 g/mol. The largest absolute Gasteiger partial charge is 0.455 e. The lowest BCUT2D eigenvalue weighted by Crippen LogP contribution is -2.01. The first-order chi connectivity index (χ1) is 24.3. The lowest BCUT2D eigenvalue weighted by Gasteiger charge is -2.15. The van der Waals surface area contributed by atoms with Crippen molar-refractivity contribution in [2.45, 2.75) is 0 Å². The first-order valence-electron chi connectivity index (χ1n) is 16.5. The van der Waals surface area contributed by atoms with Gasteiger partial charge in [0.2, 0.25) is 0 Å². The van der Waals surface area contributed by atoms with Crippen molar-refractivity contribution in [2.24, 2.45) is 0 Å². The van der Waals surface area contributed by atoms with Gasteiger partial charge in [-0.25, -0.2) is 15.0 Å². The molecule has 0 radical (unpaired) electrons. The maximum absolute atomic E-state index is 6.73. The third-order valence-electron chi connectivity index (χ3n) is 9.52. The van der Waals surface area contributed by atoms with Gasteiger partial charge in [-0.15, -0.1) is 0 Å². The number of para-hydroxylation sites is 1. The standard InChI is InChI=1S/C45H27N3O/c1-3-13-28(14-4-1)43-46-44(29-15-5-2-6-16-29)48-45(47-43)38-26-25-37-36-21-11-12-22-40(36)49-42(37)41(38)30-23-24-35-33-19-8-7-17-31(33)32-18-9-10-20-34(32)39(35)27-30/h1-27H. The van der Waals surface area contributed by atoms with E-state index in [1.54, 1.807) is 0 Å². The van der Waals surface area contributed by atoms with E-state index in [4.69, 9.17) is 19.4 Å². The number of rotatable bonds is 4. The van der Waals surface area contributed by atoms with Crippen molar-refractivity contribution in [3.05, 3.63) is 164 Å². The van der Waals surface area contributed by atoms with E-state index < -0.39 is 0 Å². The minimum atomic E-state index is 0.591. The number of furan rings is 1. The Morgan fingerprint density at radius 3 is 1.41 bits per heavy atom. The molecule has 0 aliphatic heterocycles. The van der Waals surface area contributed by atoms with E-state index in [1.165, 1.54) is 32.3 Å². The highest BCUT2D eigenvalue weighted by molar-refractivity contribution is 6.26. The van der Waals surface area contributed by atoms with Gasteiger partial charge in [-0.05, 0) is 62.1 Å². The molecule has 0 saturated carbocycles. The molecule has 8 aromatic carbocycles. The van der Waals surface area contributed by atoms with E-state index >= 15 is 0 Å². The Labute approximate surface area is 282 Å². The van der Waals surface area contributed by atoms with Crippen LogP contribution in [0.1, 0.15) is 0 Å². The summed E-state index contributed by atoms with van der Waals surface area (Å²) in [7, 11) is 0. The number of aromatic nitrogens is 3. The molecule has 10 aromatic rings. The fourth-order valence-electron chi connectivity index (χ4n) is 7.25. The summed E-state index contributed by atoms with van der Waals surface area (Å²) in [5, 5.41) is 9.49. The van der Waals surface area contributed by atoms with Crippen molar-refractivity contribution >= 4 is 54.3 Å². The van der Waals surface area contributed by atoms with E-state index in [9.17, 15) is 0 Å². The molecule has 49 heavy (non-hydrogen) atoms. The number of hydrogen-bond donors (Lipinski definition) is 0. The van der Waals surface area contributed by atoms with E-state index in [2.05, 4.69) is 91.0 Å². The Morgan fingerprint density at radius 1 is 0.327 bits per heavy atom. The number of nitrogens with zero attached hydrogens (tertiary/aromatic N) is 3. The molecule has 0 saturated heterocycles. The number of hydrogen-bond acceptors (Lipinski definition) is 4. The molecule has 0 spiro atoms. The molecule has 0 bridgehead atoms. The van der Waals surface area contributed by atoms with Crippen LogP contribution in [0.25, 0.3) is 99.5 Å². The highest BCUT2D eigenvalue weighted by Gasteiger charge is 2.22. The summed E-state index contributed by atoms with van der Waals surface area (Å²) in [6.45, 7) is 0. The van der Waals surface area contributed by atoms with Crippen LogP contribution < -0.4 is 0 Å². The van der Waals surface area contributed by atoms with Crippen LogP contribution in [0.3, 0.4) is 0 Å². The summed E-state index contributed by atoms with van der Waals surface area (Å²) < 4.78 is 6.73. The van der Waals surface area contributed by atoms with Crippen LogP contribution in [-0.4, -0.2) is 15.0 Å². The van der Waals surface area contributed by atoms with Gasteiger partial charge in [-0.2, -0.15) is 0 Å².